The third kappa shape index (κ3) is 2.95. The van der Waals surface area contributed by atoms with Crippen LogP contribution in [0.3, 0.4) is 0 Å². The van der Waals surface area contributed by atoms with Crippen molar-refractivity contribution in [2.75, 3.05) is 31.1 Å². The highest BCUT2D eigenvalue weighted by Gasteiger charge is 2.27. The molecule has 0 spiro atoms. The maximum absolute atomic E-state index is 12.1. The number of nitrogens with zero attached hydrogens (tertiary/aromatic N) is 6. The number of carbonyl (C=O) groups is 1. The van der Waals surface area contributed by atoms with Crippen molar-refractivity contribution in [1.82, 2.24) is 24.5 Å². The van der Waals surface area contributed by atoms with Crippen molar-refractivity contribution in [2.45, 2.75) is 26.4 Å². The number of rotatable bonds is 1. The summed E-state index contributed by atoms with van der Waals surface area (Å²) in [7, 11) is 0. The number of piperazine rings is 1. The molecule has 0 N–H and O–H groups in total. The van der Waals surface area contributed by atoms with E-state index in [0.717, 1.165) is 11.5 Å². The Balaban J connectivity index is 1.67. The topological polar surface area (TPSA) is 75.9 Å². The van der Waals surface area contributed by atoms with E-state index in [1.165, 1.54) is 0 Å². The lowest BCUT2D eigenvalue weighted by Crippen LogP contribution is -2.50. The molecule has 0 saturated carbocycles. The zero-order valence-electron chi connectivity index (χ0n) is 13.1. The summed E-state index contributed by atoms with van der Waals surface area (Å²) in [6.07, 6.45) is 4.93. The van der Waals surface area contributed by atoms with E-state index in [2.05, 4.69) is 20.1 Å². The lowest BCUT2D eigenvalue weighted by molar-refractivity contribution is 0.0240. The van der Waals surface area contributed by atoms with Gasteiger partial charge in [-0.25, -0.2) is 9.78 Å². The second-order valence-electron chi connectivity index (χ2n) is 6.27. The van der Waals surface area contributed by atoms with Crippen LogP contribution in [-0.2, 0) is 4.74 Å². The minimum atomic E-state index is -0.469. The number of anilines is 1. The minimum absolute atomic E-state index is 0.263. The van der Waals surface area contributed by atoms with Crippen LogP contribution in [-0.4, -0.2) is 62.4 Å². The SMILES string of the molecule is CC(C)(C)OC(=O)N1CCN(c2nccn3cnnc23)CC1. The fraction of sp³-hybridized carbons (Fsp3) is 0.571. The summed E-state index contributed by atoms with van der Waals surface area (Å²) in [5.41, 5.74) is 0.260. The first-order valence-corrected chi connectivity index (χ1v) is 7.31. The van der Waals surface area contributed by atoms with Crippen LogP contribution in [0, 0.1) is 0 Å². The van der Waals surface area contributed by atoms with E-state index in [9.17, 15) is 4.79 Å². The fourth-order valence-electron chi connectivity index (χ4n) is 2.40. The molecule has 22 heavy (non-hydrogen) atoms. The quantitative estimate of drug-likeness (QED) is 0.787. The molecule has 0 bridgehead atoms. The Bertz CT molecular complexity index is 669. The normalized spacial score (nSPS) is 16.1. The van der Waals surface area contributed by atoms with Gasteiger partial charge in [-0.15, -0.1) is 10.2 Å². The van der Waals surface area contributed by atoms with E-state index >= 15 is 0 Å². The Kier molecular flexibility index (Phi) is 3.59. The molecule has 118 valence electrons. The molecule has 1 aliphatic heterocycles. The van der Waals surface area contributed by atoms with E-state index in [0.29, 0.717) is 26.2 Å². The first-order valence-electron chi connectivity index (χ1n) is 7.31. The third-order valence-electron chi connectivity index (χ3n) is 3.43. The monoisotopic (exact) mass is 304 g/mol. The molecular weight excluding hydrogens is 284 g/mol. The van der Waals surface area contributed by atoms with Crippen LogP contribution in [0.15, 0.2) is 18.7 Å². The molecule has 3 heterocycles. The number of hydrogen-bond donors (Lipinski definition) is 0. The second-order valence-corrected chi connectivity index (χ2v) is 6.27. The van der Waals surface area contributed by atoms with Gasteiger partial charge in [-0.2, -0.15) is 0 Å². The summed E-state index contributed by atoms with van der Waals surface area (Å²) in [5, 5.41) is 8.00. The van der Waals surface area contributed by atoms with Crippen LogP contribution in [0.25, 0.3) is 5.65 Å². The van der Waals surface area contributed by atoms with Gasteiger partial charge in [-0.1, -0.05) is 0 Å². The van der Waals surface area contributed by atoms with Crippen LogP contribution in [0.5, 0.6) is 0 Å². The lowest BCUT2D eigenvalue weighted by atomic mass is 10.2. The molecule has 8 heteroatoms. The molecular formula is C14H20N6O2. The lowest BCUT2D eigenvalue weighted by Gasteiger charge is -2.36. The molecule has 0 atom stereocenters. The Morgan fingerprint density at radius 1 is 1.23 bits per heavy atom. The standard InChI is InChI=1S/C14H20N6O2/c1-14(2,3)22-13(21)19-8-6-18(7-9-19)11-12-17-16-10-20(12)5-4-15-11/h4-5,10H,6-9H2,1-3H3. The Morgan fingerprint density at radius 3 is 2.64 bits per heavy atom. The van der Waals surface area contributed by atoms with Gasteiger partial charge in [0, 0.05) is 38.6 Å². The van der Waals surface area contributed by atoms with Gasteiger partial charge < -0.3 is 14.5 Å². The largest absolute Gasteiger partial charge is 0.444 e. The number of fused-ring (bicyclic) bond motifs is 1. The average Bonchev–Trinajstić information content (AvgIpc) is 2.94. The van der Waals surface area contributed by atoms with Crippen LogP contribution < -0.4 is 4.90 Å². The third-order valence-corrected chi connectivity index (χ3v) is 3.43. The molecule has 0 unspecified atom stereocenters. The Morgan fingerprint density at radius 2 is 1.95 bits per heavy atom. The number of aromatic nitrogens is 4. The highest BCUT2D eigenvalue weighted by molar-refractivity contribution is 5.69. The summed E-state index contributed by atoms with van der Waals surface area (Å²) < 4.78 is 7.24. The maximum atomic E-state index is 12.1. The van der Waals surface area contributed by atoms with Crippen molar-refractivity contribution in [3.05, 3.63) is 18.7 Å². The maximum Gasteiger partial charge on any atom is 0.410 e. The molecule has 2 aromatic heterocycles. The van der Waals surface area contributed by atoms with Gasteiger partial charge in [0.05, 0.1) is 0 Å². The Hall–Kier alpha value is -2.38. The number of hydrogen-bond acceptors (Lipinski definition) is 6. The summed E-state index contributed by atoms with van der Waals surface area (Å²) >= 11 is 0. The Labute approximate surface area is 128 Å². The van der Waals surface area contributed by atoms with Gasteiger partial charge in [0.25, 0.3) is 0 Å². The predicted octanol–water partition coefficient (Wildman–Crippen LogP) is 1.18. The van der Waals surface area contributed by atoms with E-state index in [1.807, 2.05) is 31.4 Å². The summed E-state index contributed by atoms with van der Waals surface area (Å²) in [6.45, 7) is 8.21. The van der Waals surface area contributed by atoms with Crippen molar-refractivity contribution >= 4 is 17.6 Å². The van der Waals surface area contributed by atoms with E-state index in [4.69, 9.17) is 4.74 Å². The van der Waals surface area contributed by atoms with Gasteiger partial charge in [-0.3, -0.25) is 4.40 Å². The number of ether oxygens (including phenoxy) is 1. The first-order chi connectivity index (χ1) is 10.4. The predicted molar refractivity (Wildman–Crippen MR) is 80.8 cm³/mol. The van der Waals surface area contributed by atoms with Gasteiger partial charge in [0.1, 0.15) is 11.9 Å². The van der Waals surface area contributed by atoms with Crippen molar-refractivity contribution in [3.63, 3.8) is 0 Å². The van der Waals surface area contributed by atoms with Gasteiger partial charge in [-0.05, 0) is 20.8 Å². The number of carbonyl (C=O) groups excluding carboxylic acids is 1. The molecule has 2 aromatic rings. The van der Waals surface area contributed by atoms with E-state index in [-0.39, 0.29) is 6.09 Å². The van der Waals surface area contributed by atoms with E-state index < -0.39 is 5.60 Å². The summed E-state index contributed by atoms with van der Waals surface area (Å²) in [6, 6.07) is 0. The molecule has 8 nitrogen and oxygen atoms in total. The second kappa shape index (κ2) is 5.43. The van der Waals surface area contributed by atoms with Crippen molar-refractivity contribution < 1.29 is 9.53 Å². The van der Waals surface area contributed by atoms with Gasteiger partial charge in [0.15, 0.2) is 5.82 Å². The molecule has 1 fully saturated rings. The van der Waals surface area contributed by atoms with Crippen LogP contribution in [0.1, 0.15) is 20.8 Å². The summed E-state index contributed by atoms with van der Waals surface area (Å²) in [4.78, 5) is 20.3. The minimum Gasteiger partial charge on any atom is -0.444 e. The molecule has 3 rings (SSSR count). The highest BCUT2D eigenvalue weighted by Crippen LogP contribution is 2.19. The zero-order valence-corrected chi connectivity index (χ0v) is 13.1. The van der Waals surface area contributed by atoms with Crippen molar-refractivity contribution in [3.8, 4) is 0 Å². The van der Waals surface area contributed by atoms with Gasteiger partial charge >= 0.3 is 6.09 Å². The molecule has 0 aliphatic carbocycles. The molecule has 1 amide bonds. The smallest absolute Gasteiger partial charge is 0.410 e. The number of amides is 1. The van der Waals surface area contributed by atoms with Crippen LogP contribution in [0.2, 0.25) is 0 Å². The zero-order chi connectivity index (χ0) is 15.7. The van der Waals surface area contributed by atoms with E-state index in [1.54, 1.807) is 17.4 Å². The molecule has 0 radical (unpaired) electrons. The first kappa shape index (κ1) is 14.6. The van der Waals surface area contributed by atoms with Crippen molar-refractivity contribution in [2.24, 2.45) is 0 Å². The average molecular weight is 304 g/mol. The van der Waals surface area contributed by atoms with Gasteiger partial charge in [0.2, 0.25) is 5.65 Å². The van der Waals surface area contributed by atoms with Crippen LogP contribution in [0.4, 0.5) is 10.6 Å². The highest BCUT2D eigenvalue weighted by atomic mass is 16.6. The summed E-state index contributed by atoms with van der Waals surface area (Å²) in [5.74, 6) is 0.795. The van der Waals surface area contributed by atoms with Crippen LogP contribution >= 0.6 is 0 Å². The fourth-order valence-corrected chi connectivity index (χ4v) is 2.40. The molecule has 1 aliphatic rings. The van der Waals surface area contributed by atoms with Crippen molar-refractivity contribution in [1.29, 1.82) is 0 Å². The molecule has 0 aromatic carbocycles. The molecule has 1 saturated heterocycles.